The van der Waals surface area contributed by atoms with E-state index in [2.05, 4.69) is 15.9 Å². The summed E-state index contributed by atoms with van der Waals surface area (Å²) in [6, 6.07) is 0. The van der Waals surface area contributed by atoms with Crippen LogP contribution in [0, 0.1) is 0 Å². The fourth-order valence-electron chi connectivity index (χ4n) is 0.211. The molecule has 0 fully saturated rings. The predicted octanol–water partition coefficient (Wildman–Crippen LogP) is 0.940. The van der Waals surface area contributed by atoms with Gasteiger partial charge in [-0.15, -0.1) is 0 Å². The normalized spacial score (nSPS) is 12.8. The van der Waals surface area contributed by atoms with Crippen LogP contribution in [0.1, 0.15) is 0 Å². The van der Waals surface area contributed by atoms with Gasteiger partial charge in [0.1, 0.15) is 0 Å². The van der Waals surface area contributed by atoms with Crippen molar-refractivity contribution >= 4 is 25.8 Å². The van der Waals surface area contributed by atoms with E-state index in [9.17, 15) is 8.42 Å². The molecular weight excluding hydrogens is 192 g/mol. The molecule has 0 aromatic rings. The summed E-state index contributed by atoms with van der Waals surface area (Å²) in [4.78, 5) is 1.54. The number of halogens is 1. The zero-order valence-electron chi connectivity index (χ0n) is 4.46. The van der Waals surface area contributed by atoms with Crippen molar-refractivity contribution in [3.8, 4) is 0 Å². The molecular formula is C4H7BrO2S. The van der Waals surface area contributed by atoms with Gasteiger partial charge in [-0.25, -0.2) is 8.42 Å². The number of sulfone groups is 1. The first-order chi connectivity index (χ1) is 3.56. The van der Waals surface area contributed by atoms with Crippen molar-refractivity contribution in [2.24, 2.45) is 0 Å². The fourth-order valence-corrected chi connectivity index (χ4v) is 1.09. The molecule has 0 rings (SSSR count). The van der Waals surface area contributed by atoms with Crippen molar-refractivity contribution in [1.82, 2.24) is 0 Å². The Balaban J connectivity index is 3.76. The summed E-state index contributed by atoms with van der Waals surface area (Å²) in [5.74, 6) is 0.109. The fraction of sp³-hybridized carbons (Fsp3) is 0.500. The van der Waals surface area contributed by atoms with Gasteiger partial charge in [-0.3, -0.25) is 0 Å². The van der Waals surface area contributed by atoms with Gasteiger partial charge >= 0.3 is 0 Å². The second-order valence-electron chi connectivity index (χ2n) is 1.45. The molecule has 0 radical (unpaired) electrons. The van der Waals surface area contributed by atoms with Gasteiger partial charge in [-0.05, 0) is 4.99 Å². The van der Waals surface area contributed by atoms with Gasteiger partial charge < -0.3 is 0 Å². The molecule has 0 aliphatic rings. The lowest BCUT2D eigenvalue weighted by molar-refractivity contribution is 0.604. The molecule has 0 unspecified atom stereocenters. The maximum atomic E-state index is 10.3. The molecule has 0 atom stereocenters. The number of rotatable bonds is 2. The molecule has 0 heterocycles. The van der Waals surface area contributed by atoms with E-state index in [0.29, 0.717) is 0 Å². The molecule has 2 nitrogen and oxygen atoms in total. The van der Waals surface area contributed by atoms with E-state index < -0.39 is 9.84 Å². The van der Waals surface area contributed by atoms with Gasteiger partial charge in [-0.1, -0.05) is 22.0 Å². The van der Waals surface area contributed by atoms with E-state index >= 15 is 0 Å². The third kappa shape index (κ3) is 6.17. The average Bonchev–Trinajstić information content (AvgIpc) is 1.59. The smallest absolute Gasteiger partial charge is 0.151 e. The van der Waals surface area contributed by atoms with Crippen LogP contribution in [0.3, 0.4) is 0 Å². The van der Waals surface area contributed by atoms with Crippen LogP contribution < -0.4 is 0 Å². The standard InChI is InChI=1S/C4H7BrO2S/c1-8(6,7)4-2-3-5/h2-3H,4H2,1H3/b3-2-. The summed E-state index contributed by atoms with van der Waals surface area (Å²) in [6.45, 7) is 0. The van der Waals surface area contributed by atoms with Crippen molar-refractivity contribution in [2.75, 3.05) is 12.0 Å². The van der Waals surface area contributed by atoms with Gasteiger partial charge in [0, 0.05) is 6.26 Å². The third-order valence-electron chi connectivity index (χ3n) is 0.488. The lowest BCUT2D eigenvalue weighted by Crippen LogP contribution is -1.98. The first kappa shape index (κ1) is 8.17. The second kappa shape index (κ2) is 3.25. The summed E-state index contributed by atoms with van der Waals surface area (Å²) in [5.41, 5.74) is 0. The van der Waals surface area contributed by atoms with Gasteiger partial charge in [-0.2, -0.15) is 0 Å². The Bertz CT molecular complexity index is 168. The first-order valence-electron chi connectivity index (χ1n) is 1.99. The van der Waals surface area contributed by atoms with Crippen molar-refractivity contribution in [3.05, 3.63) is 11.1 Å². The minimum Gasteiger partial charge on any atom is -0.229 e. The van der Waals surface area contributed by atoms with Crippen LogP contribution in [0.15, 0.2) is 11.1 Å². The van der Waals surface area contributed by atoms with Crippen molar-refractivity contribution < 1.29 is 8.42 Å². The summed E-state index contributed by atoms with van der Waals surface area (Å²) < 4.78 is 20.6. The van der Waals surface area contributed by atoms with E-state index in [1.54, 1.807) is 0 Å². The Kier molecular flexibility index (Phi) is 3.31. The Morgan fingerprint density at radius 2 is 2.12 bits per heavy atom. The number of hydrogen-bond acceptors (Lipinski definition) is 2. The molecule has 4 heteroatoms. The molecule has 0 saturated carbocycles. The highest BCUT2D eigenvalue weighted by atomic mass is 79.9. The van der Waals surface area contributed by atoms with Crippen LogP contribution >= 0.6 is 15.9 Å². The van der Waals surface area contributed by atoms with Crippen molar-refractivity contribution in [1.29, 1.82) is 0 Å². The summed E-state index contributed by atoms with van der Waals surface area (Å²) in [5, 5.41) is 0. The second-order valence-corrected chi connectivity index (χ2v) is 4.17. The van der Waals surface area contributed by atoms with E-state index in [1.807, 2.05) is 0 Å². The highest BCUT2D eigenvalue weighted by molar-refractivity contribution is 9.11. The van der Waals surface area contributed by atoms with Crippen LogP contribution in [-0.2, 0) is 9.84 Å². The van der Waals surface area contributed by atoms with Crippen LogP contribution in [0.25, 0.3) is 0 Å². The summed E-state index contributed by atoms with van der Waals surface area (Å²) >= 11 is 2.96. The molecule has 0 aliphatic carbocycles. The summed E-state index contributed by atoms with van der Waals surface area (Å²) in [7, 11) is -2.80. The molecule has 0 aliphatic heterocycles. The maximum Gasteiger partial charge on any atom is 0.151 e. The van der Waals surface area contributed by atoms with Crippen LogP contribution in [-0.4, -0.2) is 20.4 Å². The topological polar surface area (TPSA) is 34.1 Å². The third-order valence-corrected chi connectivity index (χ3v) is 1.66. The molecule has 48 valence electrons. The Hall–Kier alpha value is 0.170. The van der Waals surface area contributed by atoms with Gasteiger partial charge in [0.2, 0.25) is 0 Å². The highest BCUT2D eigenvalue weighted by Gasteiger charge is 1.94. The Morgan fingerprint density at radius 1 is 1.62 bits per heavy atom. The average molecular weight is 199 g/mol. The molecule has 8 heavy (non-hydrogen) atoms. The molecule has 0 spiro atoms. The van der Waals surface area contributed by atoms with Crippen molar-refractivity contribution in [3.63, 3.8) is 0 Å². The predicted molar refractivity (Wildman–Crippen MR) is 37.8 cm³/mol. The van der Waals surface area contributed by atoms with E-state index in [0.717, 1.165) is 0 Å². The molecule has 0 amide bonds. The lowest BCUT2D eigenvalue weighted by atomic mass is 10.8. The van der Waals surface area contributed by atoms with Gasteiger partial charge in [0.25, 0.3) is 0 Å². The zero-order valence-corrected chi connectivity index (χ0v) is 6.87. The van der Waals surface area contributed by atoms with Crippen LogP contribution in [0.4, 0.5) is 0 Å². The molecule has 0 saturated heterocycles. The largest absolute Gasteiger partial charge is 0.229 e. The molecule has 0 bridgehead atoms. The first-order valence-corrected chi connectivity index (χ1v) is 4.97. The van der Waals surface area contributed by atoms with Crippen LogP contribution in [0.5, 0.6) is 0 Å². The SMILES string of the molecule is CS(=O)(=O)C/C=C\Br. The lowest BCUT2D eigenvalue weighted by Gasteiger charge is -1.84. The summed E-state index contributed by atoms with van der Waals surface area (Å²) in [6.07, 6.45) is 2.73. The quantitative estimate of drug-likeness (QED) is 0.663. The molecule has 0 aromatic carbocycles. The highest BCUT2D eigenvalue weighted by Crippen LogP contribution is 1.87. The zero-order chi connectivity index (χ0) is 6.62. The van der Waals surface area contributed by atoms with Crippen LogP contribution in [0.2, 0.25) is 0 Å². The molecule has 0 N–H and O–H groups in total. The minimum absolute atomic E-state index is 0.109. The minimum atomic E-state index is -2.80. The maximum absolute atomic E-state index is 10.3. The Morgan fingerprint density at radius 3 is 2.25 bits per heavy atom. The van der Waals surface area contributed by atoms with E-state index in [-0.39, 0.29) is 5.75 Å². The number of hydrogen-bond donors (Lipinski definition) is 0. The van der Waals surface area contributed by atoms with Gasteiger partial charge in [0.05, 0.1) is 5.75 Å². The van der Waals surface area contributed by atoms with Gasteiger partial charge in [0.15, 0.2) is 9.84 Å². The van der Waals surface area contributed by atoms with Crippen molar-refractivity contribution in [2.45, 2.75) is 0 Å². The van der Waals surface area contributed by atoms with E-state index in [1.165, 1.54) is 17.3 Å². The molecule has 0 aromatic heterocycles. The Labute approximate surface area is 57.6 Å². The van der Waals surface area contributed by atoms with E-state index in [4.69, 9.17) is 0 Å². The monoisotopic (exact) mass is 198 g/mol.